The summed E-state index contributed by atoms with van der Waals surface area (Å²) in [7, 11) is 0. The Hall–Kier alpha value is 3.24. The van der Waals surface area contributed by atoms with Crippen molar-refractivity contribution < 1.29 is 214 Å². The molecule has 0 saturated heterocycles. The van der Waals surface area contributed by atoms with Gasteiger partial charge in [0.25, 0.3) is 0 Å². The molecule has 0 bridgehead atoms. The SMILES string of the molecule is [Mo].[Mo].[O-2].[O-2].[O-2].[O-2].[O-2].[O-2].[O-2].[O-2].[O-2].[O-2].[O-2].[O-2].[O-2].[O-2].[O-2].[O-2].[O-2].[V].[V].[W].[W]. The molecule has 0 N–H and O–H groups in total. The van der Waals surface area contributed by atoms with Crippen molar-refractivity contribution in [1.29, 1.82) is 0 Å². The van der Waals surface area contributed by atoms with Crippen molar-refractivity contribution in [3.05, 3.63) is 0 Å². The molecule has 0 atom stereocenters. The monoisotopic (exact) mass is 938 g/mol. The Kier molecular flexibility index (Phi) is 97600. The van der Waals surface area contributed by atoms with Gasteiger partial charge in [0.05, 0.1) is 0 Å². The zero-order chi connectivity index (χ0) is 0. The molecule has 2 radical (unpaired) electrons. The average molecular weight is 933 g/mol. The van der Waals surface area contributed by atoms with E-state index in [4.69, 9.17) is 0 Å². The van der Waals surface area contributed by atoms with E-state index in [2.05, 4.69) is 0 Å². The van der Waals surface area contributed by atoms with Gasteiger partial charge in [-0.2, -0.15) is 0 Å². The molecule has 0 fully saturated rings. The molecule has 17 nitrogen and oxygen atoms in total. The Bertz CT molecular complexity index is 28.6. The van der Waals surface area contributed by atoms with Gasteiger partial charge in [-0.05, 0) is 0 Å². The Morgan fingerprint density at radius 3 is 0.174 bits per heavy atom. The van der Waals surface area contributed by atoms with Gasteiger partial charge in [-0.15, -0.1) is 0 Å². The van der Waals surface area contributed by atoms with Crippen LogP contribution in [0.3, 0.4) is 0 Å². The van der Waals surface area contributed by atoms with Crippen molar-refractivity contribution in [2.75, 3.05) is 0 Å². The smallest absolute Gasteiger partial charge is 0 e. The minimum atomic E-state index is 0. The normalized spacial score (nSPS) is 0. The zero-order valence-electron chi connectivity index (χ0n) is 9.47. The van der Waals surface area contributed by atoms with Gasteiger partial charge < -0.3 is 93.1 Å². The van der Waals surface area contributed by atoms with Gasteiger partial charge in [0.2, 0.25) is 0 Å². The molecule has 0 aliphatic rings. The fraction of sp³-hybridized carbons (Fsp3) is 0. The zero-order valence-corrected chi connectivity index (χ0v) is 22.1. The largest absolute Gasteiger partial charge is 2.00 e. The van der Waals surface area contributed by atoms with E-state index in [9.17, 15) is 0 Å². The van der Waals surface area contributed by atoms with Crippen molar-refractivity contribution in [1.82, 2.24) is 0 Å². The van der Waals surface area contributed by atoms with E-state index >= 15 is 0 Å². The molecule has 0 aromatic heterocycles. The van der Waals surface area contributed by atoms with E-state index < -0.39 is 0 Å². The Balaban J connectivity index is 0. The van der Waals surface area contributed by atoms with Crippen LogP contribution in [-0.2, 0) is 214 Å². The van der Waals surface area contributed by atoms with Crippen LogP contribution in [0.2, 0.25) is 0 Å². The first-order valence-corrected chi connectivity index (χ1v) is 0. The fourth-order valence-corrected chi connectivity index (χ4v) is 0. The summed E-state index contributed by atoms with van der Waals surface area (Å²) in [6.07, 6.45) is 0. The minimum absolute atomic E-state index is 0. The van der Waals surface area contributed by atoms with Gasteiger partial charge in [-0.3, -0.25) is 0 Å². The van der Waals surface area contributed by atoms with Gasteiger partial charge in [0, 0.05) is 121 Å². The maximum absolute atomic E-state index is 0. The van der Waals surface area contributed by atoms with Crippen LogP contribution in [0.4, 0.5) is 0 Å². The van der Waals surface area contributed by atoms with Crippen LogP contribution in [0, 0.1) is 0 Å². The van der Waals surface area contributed by atoms with Gasteiger partial charge in [0.15, 0.2) is 0 Å². The molecule has 170 valence electrons. The first kappa shape index (κ1) is 1590. The number of hydrogen-bond donors (Lipinski definition) is 0. The molecule has 0 aromatic rings. The minimum Gasteiger partial charge on any atom is -2.00 e. The molecule has 0 spiro atoms. The van der Waals surface area contributed by atoms with Gasteiger partial charge in [-0.1, -0.05) is 0 Å². The second kappa shape index (κ2) is 1410. The molecule has 0 rings (SSSR count). The number of hydrogen-bond acceptors (Lipinski definition) is 0. The second-order valence-electron chi connectivity index (χ2n) is 0. The van der Waals surface area contributed by atoms with E-state index in [0.29, 0.717) is 0 Å². The van der Waals surface area contributed by atoms with Crippen LogP contribution in [0.1, 0.15) is 0 Å². The average Bonchev–Trinajstić information content (AvgIpc) is 0. The Morgan fingerprint density at radius 2 is 0.174 bits per heavy atom. The molecule has 0 unspecified atom stereocenters. The molecule has 0 saturated carbocycles. The van der Waals surface area contributed by atoms with E-state index in [1.54, 1.807) is 0 Å². The van der Waals surface area contributed by atoms with Crippen LogP contribution in [-0.4, -0.2) is 0 Å². The summed E-state index contributed by atoms with van der Waals surface area (Å²) in [4.78, 5) is 0. The van der Waals surface area contributed by atoms with Gasteiger partial charge >= 0.3 is 0 Å². The summed E-state index contributed by atoms with van der Waals surface area (Å²) < 4.78 is 0. The summed E-state index contributed by atoms with van der Waals surface area (Å²) in [5.74, 6) is 0. The van der Waals surface area contributed by atoms with Crippen molar-refractivity contribution in [2.24, 2.45) is 0 Å². The first-order chi connectivity index (χ1) is 0. The van der Waals surface area contributed by atoms with E-state index in [1.807, 2.05) is 0 Å². The molecule has 0 heterocycles. The van der Waals surface area contributed by atoms with Gasteiger partial charge in [-0.25, -0.2) is 0 Å². The van der Waals surface area contributed by atoms with E-state index in [-0.39, 0.29) is 214 Å². The predicted octanol–water partition coefficient (Wildman–Crippen LogP) is -2.03. The summed E-state index contributed by atoms with van der Waals surface area (Å²) in [5.41, 5.74) is 0. The van der Waals surface area contributed by atoms with Crippen LogP contribution in [0.25, 0.3) is 0 Å². The molecule has 23 heteroatoms. The summed E-state index contributed by atoms with van der Waals surface area (Å²) in [6.45, 7) is 0. The van der Waals surface area contributed by atoms with E-state index in [0.717, 1.165) is 0 Å². The van der Waals surface area contributed by atoms with Crippen LogP contribution in [0.5, 0.6) is 0 Å². The van der Waals surface area contributed by atoms with Crippen molar-refractivity contribution in [3.8, 4) is 0 Å². The summed E-state index contributed by atoms with van der Waals surface area (Å²) in [6, 6.07) is 0. The quantitative estimate of drug-likeness (QED) is 0.237. The Morgan fingerprint density at radius 1 is 0.174 bits per heavy atom. The van der Waals surface area contributed by atoms with Crippen molar-refractivity contribution >= 4 is 0 Å². The predicted molar refractivity (Wildman–Crippen MR) is 11.7 cm³/mol. The molecule has 0 aromatic carbocycles. The topological polar surface area (TPSA) is 484 Å². The third-order valence-electron chi connectivity index (χ3n) is 0. The second-order valence-corrected chi connectivity index (χ2v) is 0. The molecule has 0 aliphatic carbocycles. The number of rotatable bonds is 0. The van der Waals surface area contributed by atoms with Crippen LogP contribution in [0.15, 0.2) is 0 Å². The third-order valence-corrected chi connectivity index (χ3v) is 0. The third kappa shape index (κ3) is 1300. The maximum atomic E-state index is 0. The van der Waals surface area contributed by atoms with Gasteiger partial charge in [0.1, 0.15) is 0 Å². The molecule has 0 aliphatic heterocycles. The van der Waals surface area contributed by atoms with E-state index in [1.165, 1.54) is 0 Å². The maximum Gasteiger partial charge on any atom is 0 e. The van der Waals surface area contributed by atoms with Crippen LogP contribution >= 0.6 is 0 Å². The fourth-order valence-electron chi connectivity index (χ4n) is 0. The molecule has 0 amide bonds. The molecular formula is Mo2O17V2W2-34. The van der Waals surface area contributed by atoms with Crippen molar-refractivity contribution in [2.45, 2.75) is 0 Å². The summed E-state index contributed by atoms with van der Waals surface area (Å²) in [5, 5.41) is 0. The van der Waals surface area contributed by atoms with Crippen LogP contribution < -0.4 is 0 Å². The first-order valence-electron chi connectivity index (χ1n) is 0. The molecular weight excluding hydrogens is 933 g/mol. The standard InChI is InChI=1S/2Mo.17O.2V.2W/q;;17*-2;;;;. The van der Waals surface area contributed by atoms with Crippen molar-refractivity contribution in [3.63, 3.8) is 0 Å². The Labute approximate surface area is 212 Å². The summed E-state index contributed by atoms with van der Waals surface area (Å²) >= 11 is 0. The molecule has 23 heavy (non-hydrogen) atoms.